The van der Waals surface area contributed by atoms with E-state index in [2.05, 4.69) is 11.0 Å². The van der Waals surface area contributed by atoms with Gasteiger partial charge >= 0.3 is 0 Å². The van der Waals surface area contributed by atoms with Crippen LogP contribution in [0.3, 0.4) is 0 Å². The normalized spacial score (nSPS) is 22.2. The molecule has 1 fully saturated rings. The number of rotatable bonds is 5. The SMILES string of the molecule is COc1cccc(C(CN)N2CCOC(CO)C2)c1. The fourth-order valence-corrected chi connectivity index (χ4v) is 2.48. The topological polar surface area (TPSA) is 68.0 Å². The highest BCUT2D eigenvalue weighted by molar-refractivity contribution is 5.30. The molecule has 1 heterocycles. The summed E-state index contributed by atoms with van der Waals surface area (Å²) in [5.41, 5.74) is 7.07. The van der Waals surface area contributed by atoms with Gasteiger partial charge in [0.1, 0.15) is 5.75 Å². The molecule has 2 unspecified atom stereocenters. The number of benzene rings is 1. The smallest absolute Gasteiger partial charge is 0.119 e. The van der Waals surface area contributed by atoms with Crippen LogP contribution in [0, 0.1) is 0 Å². The second kappa shape index (κ2) is 6.86. The molecule has 5 nitrogen and oxygen atoms in total. The molecule has 19 heavy (non-hydrogen) atoms. The molecule has 0 bridgehead atoms. The molecule has 0 amide bonds. The molecule has 0 saturated carbocycles. The maximum atomic E-state index is 9.21. The van der Waals surface area contributed by atoms with Crippen molar-refractivity contribution in [3.05, 3.63) is 29.8 Å². The van der Waals surface area contributed by atoms with Crippen molar-refractivity contribution in [2.45, 2.75) is 12.1 Å². The highest BCUT2D eigenvalue weighted by atomic mass is 16.5. The zero-order valence-electron chi connectivity index (χ0n) is 11.3. The number of aliphatic hydroxyl groups is 1. The summed E-state index contributed by atoms with van der Waals surface area (Å²) < 4.78 is 10.7. The summed E-state index contributed by atoms with van der Waals surface area (Å²) >= 11 is 0. The van der Waals surface area contributed by atoms with Crippen molar-refractivity contribution < 1.29 is 14.6 Å². The van der Waals surface area contributed by atoms with Crippen LogP contribution in [-0.4, -0.2) is 56.1 Å². The monoisotopic (exact) mass is 266 g/mol. The Hall–Kier alpha value is -1.14. The molecule has 0 aliphatic carbocycles. The van der Waals surface area contributed by atoms with Gasteiger partial charge in [0.2, 0.25) is 0 Å². The Kier molecular flexibility index (Phi) is 5.15. The lowest BCUT2D eigenvalue weighted by atomic mass is 10.0. The average Bonchev–Trinajstić information content (AvgIpc) is 2.48. The number of aliphatic hydroxyl groups excluding tert-OH is 1. The first-order valence-corrected chi connectivity index (χ1v) is 6.59. The zero-order valence-corrected chi connectivity index (χ0v) is 11.3. The van der Waals surface area contributed by atoms with Crippen LogP contribution in [0.25, 0.3) is 0 Å². The molecular formula is C14H22N2O3. The first-order valence-electron chi connectivity index (χ1n) is 6.59. The van der Waals surface area contributed by atoms with E-state index in [-0.39, 0.29) is 18.8 Å². The quantitative estimate of drug-likeness (QED) is 0.807. The average molecular weight is 266 g/mol. The van der Waals surface area contributed by atoms with E-state index in [4.69, 9.17) is 15.2 Å². The molecular weight excluding hydrogens is 244 g/mol. The van der Waals surface area contributed by atoms with Gasteiger partial charge in [0.05, 0.1) is 26.4 Å². The van der Waals surface area contributed by atoms with Crippen molar-refractivity contribution in [3.8, 4) is 5.75 Å². The summed E-state index contributed by atoms with van der Waals surface area (Å²) in [5, 5.41) is 9.21. The molecule has 2 atom stereocenters. The lowest BCUT2D eigenvalue weighted by Gasteiger charge is -2.37. The number of nitrogens with two attached hydrogens (primary N) is 1. The van der Waals surface area contributed by atoms with Crippen molar-refractivity contribution in [1.29, 1.82) is 0 Å². The standard InChI is InChI=1S/C14H22N2O3/c1-18-12-4-2-3-11(7-12)14(8-15)16-5-6-19-13(9-16)10-17/h2-4,7,13-14,17H,5-6,8-10,15H2,1H3. The number of hydrogen-bond donors (Lipinski definition) is 2. The second-order valence-corrected chi connectivity index (χ2v) is 4.70. The third-order valence-corrected chi connectivity index (χ3v) is 3.52. The number of methoxy groups -OCH3 is 1. The van der Waals surface area contributed by atoms with Gasteiger partial charge in [0, 0.05) is 25.7 Å². The van der Waals surface area contributed by atoms with Crippen LogP contribution < -0.4 is 10.5 Å². The van der Waals surface area contributed by atoms with Gasteiger partial charge in [-0.15, -0.1) is 0 Å². The minimum atomic E-state index is -0.117. The third-order valence-electron chi connectivity index (χ3n) is 3.52. The molecule has 106 valence electrons. The Morgan fingerprint density at radius 1 is 1.58 bits per heavy atom. The Morgan fingerprint density at radius 2 is 2.42 bits per heavy atom. The van der Waals surface area contributed by atoms with E-state index in [1.54, 1.807) is 7.11 Å². The molecule has 3 N–H and O–H groups in total. The second-order valence-electron chi connectivity index (χ2n) is 4.70. The first kappa shape index (κ1) is 14.3. The van der Waals surface area contributed by atoms with E-state index in [0.717, 1.165) is 17.9 Å². The Balaban J connectivity index is 2.13. The lowest BCUT2D eigenvalue weighted by molar-refractivity contribution is -0.0643. The molecule has 0 radical (unpaired) electrons. The van der Waals surface area contributed by atoms with Crippen molar-refractivity contribution >= 4 is 0 Å². The summed E-state index contributed by atoms with van der Waals surface area (Å²) in [6.45, 7) is 2.74. The number of ether oxygens (including phenoxy) is 2. The summed E-state index contributed by atoms with van der Waals surface area (Å²) in [4.78, 5) is 2.26. The Bertz CT molecular complexity index is 400. The minimum Gasteiger partial charge on any atom is -0.497 e. The highest BCUT2D eigenvalue weighted by Gasteiger charge is 2.26. The van der Waals surface area contributed by atoms with Gasteiger partial charge in [-0.3, -0.25) is 4.90 Å². The van der Waals surface area contributed by atoms with Crippen LogP contribution in [0.4, 0.5) is 0 Å². The van der Waals surface area contributed by atoms with Crippen LogP contribution in [-0.2, 0) is 4.74 Å². The summed E-state index contributed by atoms with van der Waals surface area (Å²) in [6, 6.07) is 8.10. The van der Waals surface area contributed by atoms with E-state index >= 15 is 0 Å². The Morgan fingerprint density at radius 3 is 3.11 bits per heavy atom. The number of morpholine rings is 1. The minimum absolute atomic E-state index is 0.0475. The van der Waals surface area contributed by atoms with E-state index in [1.807, 2.05) is 18.2 Å². The molecule has 1 saturated heterocycles. The van der Waals surface area contributed by atoms with Gasteiger partial charge in [-0.25, -0.2) is 0 Å². The highest BCUT2D eigenvalue weighted by Crippen LogP contribution is 2.25. The van der Waals surface area contributed by atoms with E-state index in [0.29, 0.717) is 19.7 Å². The van der Waals surface area contributed by atoms with E-state index in [9.17, 15) is 5.11 Å². The molecule has 2 rings (SSSR count). The van der Waals surface area contributed by atoms with Gasteiger partial charge < -0.3 is 20.3 Å². The van der Waals surface area contributed by atoms with Crippen molar-refractivity contribution in [1.82, 2.24) is 4.90 Å². The van der Waals surface area contributed by atoms with Crippen LogP contribution in [0.5, 0.6) is 5.75 Å². The van der Waals surface area contributed by atoms with Gasteiger partial charge in [0.25, 0.3) is 0 Å². The van der Waals surface area contributed by atoms with Gasteiger partial charge in [-0.05, 0) is 17.7 Å². The predicted molar refractivity (Wildman–Crippen MR) is 73.2 cm³/mol. The van der Waals surface area contributed by atoms with Gasteiger partial charge in [-0.2, -0.15) is 0 Å². The number of hydrogen-bond acceptors (Lipinski definition) is 5. The maximum absolute atomic E-state index is 9.21. The number of nitrogens with zero attached hydrogens (tertiary/aromatic N) is 1. The van der Waals surface area contributed by atoms with Crippen molar-refractivity contribution in [2.24, 2.45) is 5.73 Å². The largest absolute Gasteiger partial charge is 0.497 e. The van der Waals surface area contributed by atoms with Crippen LogP contribution in [0.2, 0.25) is 0 Å². The maximum Gasteiger partial charge on any atom is 0.119 e. The molecule has 0 aromatic heterocycles. The fourth-order valence-electron chi connectivity index (χ4n) is 2.48. The lowest BCUT2D eigenvalue weighted by Crippen LogP contribution is -2.47. The summed E-state index contributed by atoms with van der Waals surface area (Å²) in [7, 11) is 1.66. The molecule has 1 aliphatic rings. The van der Waals surface area contributed by atoms with E-state index in [1.165, 1.54) is 0 Å². The van der Waals surface area contributed by atoms with Crippen LogP contribution >= 0.6 is 0 Å². The predicted octanol–water partition coefficient (Wildman–Crippen LogP) is 0.388. The van der Waals surface area contributed by atoms with Crippen LogP contribution in [0.1, 0.15) is 11.6 Å². The molecule has 0 spiro atoms. The van der Waals surface area contributed by atoms with Gasteiger partial charge in [0.15, 0.2) is 0 Å². The summed E-state index contributed by atoms with van der Waals surface area (Å²) in [6.07, 6.45) is -0.117. The molecule has 1 aromatic carbocycles. The summed E-state index contributed by atoms with van der Waals surface area (Å²) in [5.74, 6) is 0.836. The van der Waals surface area contributed by atoms with E-state index < -0.39 is 0 Å². The van der Waals surface area contributed by atoms with Gasteiger partial charge in [-0.1, -0.05) is 12.1 Å². The Labute approximate surface area is 113 Å². The zero-order chi connectivity index (χ0) is 13.7. The van der Waals surface area contributed by atoms with Crippen molar-refractivity contribution in [3.63, 3.8) is 0 Å². The fraction of sp³-hybridized carbons (Fsp3) is 0.571. The molecule has 1 aliphatic heterocycles. The van der Waals surface area contributed by atoms with Crippen LogP contribution in [0.15, 0.2) is 24.3 Å². The molecule has 1 aromatic rings. The molecule has 5 heteroatoms. The third kappa shape index (κ3) is 3.45. The van der Waals surface area contributed by atoms with Crippen molar-refractivity contribution in [2.75, 3.05) is 40.0 Å². The first-order chi connectivity index (χ1) is 9.28.